The van der Waals surface area contributed by atoms with E-state index < -0.39 is 5.25 Å². The van der Waals surface area contributed by atoms with Crippen LogP contribution in [0.2, 0.25) is 0 Å². The highest BCUT2D eigenvalue weighted by Gasteiger charge is 2.27. The Kier molecular flexibility index (Phi) is 7.44. The zero-order valence-corrected chi connectivity index (χ0v) is 21.2. The van der Waals surface area contributed by atoms with Crippen LogP contribution in [-0.4, -0.2) is 27.3 Å². The van der Waals surface area contributed by atoms with Gasteiger partial charge in [0.25, 0.3) is 0 Å². The lowest BCUT2D eigenvalue weighted by molar-refractivity contribution is -0.115. The zero-order chi connectivity index (χ0) is 24.7. The van der Waals surface area contributed by atoms with Crippen LogP contribution >= 0.6 is 23.1 Å². The van der Waals surface area contributed by atoms with E-state index in [9.17, 15) is 4.79 Å². The van der Waals surface area contributed by atoms with Crippen LogP contribution in [0.1, 0.15) is 17.7 Å². The van der Waals surface area contributed by atoms with Gasteiger partial charge in [0, 0.05) is 5.69 Å². The summed E-state index contributed by atoms with van der Waals surface area (Å²) >= 11 is 2.97. The molecule has 1 atom stereocenters. The van der Waals surface area contributed by atoms with E-state index in [0.29, 0.717) is 23.2 Å². The molecule has 1 amide bonds. The molecule has 0 spiro atoms. The zero-order valence-electron chi connectivity index (χ0n) is 19.6. The Balaban J connectivity index is 1.54. The first-order chi connectivity index (χ1) is 17.7. The van der Waals surface area contributed by atoms with Crippen molar-refractivity contribution in [2.24, 2.45) is 0 Å². The van der Waals surface area contributed by atoms with Crippen molar-refractivity contribution in [3.8, 4) is 22.1 Å². The smallest absolute Gasteiger partial charge is 0.242 e. The summed E-state index contributed by atoms with van der Waals surface area (Å²) in [4.78, 5) is 14.7. The highest BCUT2D eigenvalue weighted by molar-refractivity contribution is 8.00. The topological polar surface area (TPSA) is 69.0 Å². The number of benzene rings is 3. The summed E-state index contributed by atoms with van der Waals surface area (Å²) in [5, 5.41) is 14.2. The molecule has 5 aromatic rings. The maximum absolute atomic E-state index is 13.7. The van der Waals surface area contributed by atoms with E-state index >= 15 is 0 Å². The predicted octanol–water partition coefficient (Wildman–Crippen LogP) is 6.87. The monoisotopic (exact) mass is 512 g/mol. The molecule has 2 aromatic heterocycles. The van der Waals surface area contributed by atoms with E-state index in [4.69, 9.17) is 4.74 Å². The van der Waals surface area contributed by atoms with Crippen LogP contribution in [0.3, 0.4) is 0 Å². The van der Waals surface area contributed by atoms with Gasteiger partial charge in [-0.3, -0.25) is 9.36 Å². The number of nitrogens with one attached hydrogen (secondary N) is 1. The number of anilines is 1. The molecule has 36 heavy (non-hydrogen) atoms. The summed E-state index contributed by atoms with van der Waals surface area (Å²) in [6, 6.07) is 31.2. The Morgan fingerprint density at radius 2 is 1.67 bits per heavy atom. The molecule has 0 aliphatic heterocycles. The Morgan fingerprint density at radius 1 is 0.944 bits per heavy atom. The number of carbonyl (C=O) groups excluding carboxylic acids is 1. The summed E-state index contributed by atoms with van der Waals surface area (Å²) in [5.74, 6) is 1.21. The predicted molar refractivity (Wildman–Crippen MR) is 146 cm³/mol. The average molecular weight is 513 g/mol. The number of carbonyl (C=O) groups is 1. The molecule has 0 aliphatic rings. The van der Waals surface area contributed by atoms with Crippen LogP contribution in [-0.2, 0) is 4.79 Å². The number of para-hydroxylation sites is 3. The minimum Gasteiger partial charge on any atom is -0.492 e. The normalized spacial score (nSPS) is 11.7. The molecule has 2 heterocycles. The Morgan fingerprint density at radius 3 is 2.39 bits per heavy atom. The largest absolute Gasteiger partial charge is 0.492 e. The minimum absolute atomic E-state index is 0.168. The maximum atomic E-state index is 13.7. The van der Waals surface area contributed by atoms with Gasteiger partial charge in [0.1, 0.15) is 11.0 Å². The summed E-state index contributed by atoms with van der Waals surface area (Å²) in [7, 11) is 0. The second-order valence-electron chi connectivity index (χ2n) is 7.78. The number of thioether (sulfide) groups is 1. The van der Waals surface area contributed by atoms with Crippen LogP contribution in [0.25, 0.3) is 16.4 Å². The van der Waals surface area contributed by atoms with Crippen molar-refractivity contribution in [1.29, 1.82) is 0 Å². The second kappa shape index (κ2) is 11.2. The third-order valence-electron chi connectivity index (χ3n) is 5.40. The van der Waals surface area contributed by atoms with Crippen LogP contribution in [0, 0.1) is 0 Å². The summed E-state index contributed by atoms with van der Waals surface area (Å²) in [6.45, 7) is 2.43. The summed E-state index contributed by atoms with van der Waals surface area (Å²) < 4.78 is 7.72. The number of hydrogen-bond donors (Lipinski definition) is 1. The molecule has 3 aromatic carbocycles. The molecule has 0 unspecified atom stereocenters. The third kappa shape index (κ3) is 5.19. The van der Waals surface area contributed by atoms with Gasteiger partial charge in [-0.25, -0.2) is 0 Å². The van der Waals surface area contributed by atoms with Crippen LogP contribution < -0.4 is 10.1 Å². The molecule has 8 heteroatoms. The van der Waals surface area contributed by atoms with Gasteiger partial charge in [-0.15, -0.1) is 21.5 Å². The molecule has 5 rings (SSSR count). The van der Waals surface area contributed by atoms with Gasteiger partial charge >= 0.3 is 0 Å². The fourth-order valence-electron chi connectivity index (χ4n) is 3.78. The fourth-order valence-corrected chi connectivity index (χ4v) is 5.53. The second-order valence-corrected chi connectivity index (χ2v) is 9.80. The molecule has 0 fully saturated rings. The number of aromatic nitrogens is 3. The van der Waals surface area contributed by atoms with Crippen LogP contribution in [0.4, 0.5) is 5.69 Å². The maximum Gasteiger partial charge on any atom is 0.242 e. The van der Waals surface area contributed by atoms with Crippen molar-refractivity contribution in [3.63, 3.8) is 0 Å². The van der Waals surface area contributed by atoms with Crippen LogP contribution in [0.5, 0.6) is 5.75 Å². The molecule has 0 saturated heterocycles. The first kappa shape index (κ1) is 23.8. The van der Waals surface area contributed by atoms with Gasteiger partial charge in [-0.2, -0.15) is 0 Å². The Hall–Kier alpha value is -3.88. The lowest BCUT2D eigenvalue weighted by atomic mass is 10.1. The molecule has 180 valence electrons. The van der Waals surface area contributed by atoms with Crippen molar-refractivity contribution in [2.75, 3.05) is 11.9 Å². The molecular weight excluding hydrogens is 488 g/mol. The van der Waals surface area contributed by atoms with E-state index in [2.05, 4.69) is 15.5 Å². The summed E-state index contributed by atoms with van der Waals surface area (Å²) in [5.41, 5.74) is 2.44. The van der Waals surface area contributed by atoms with Gasteiger partial charge in [-0.05, 0) is 48.2 Å². The molecule has 0 saturated carbocycles. The molecule has 0 aliphatic carbocycles. The van der Waals surface area contributed by atoms with E-state index in [0.717, 1.165) is 22.0 Å². The highest BCUT2D eigenvalue weighted by atomic mass is 32.2. The molecule has 6 nitrogen and oxygen atoms in total. The number of nitrogens with zero attached hydrogens (tertiary/aromatic N) is 3. The van der Waals surface area contributed by atoms with Gasteiger partial charge in [0.05, 0.1) is 17.2 Å². The van der Waals surface area contributed by atoms with Gasteiger partial charge in [0.15, 0.2) is 11.0 Å². The number of ether oxygens (including phenoxy) is 1. The molecular formula is C28H24N4O2S2. The fraction of sp³-hybridized carbons (Fsp3) is 0.107. The van der Waals surface area contributed by atoms with Crippen molar-refractivity contribution in [1.82, 2.24) is 14.8 Å². The number of amides is 1. The standard InChI is InChI=1S/C28H24N4O2S2/c1-2-34-23-17-10-9-16-22(23)29-27(33)25(20-12-5-3-6-13-20)36-28-31-30-26(24-18-11-19-35-24)32(28)21-14-7-4-8-15-21/h3-19,25H,2H2,1H3,(H,29,33)/t25-/m1/s1. The van der Waals surface area contributed by atoms with E-state index in [1.165, 1.54) is 11.8 Å². The first-order valence-electron chi connectivity index (χ1n) is 11.5. The first-order valence-corrected chi connectivity index (χ1v) is 13.3. The van der Waals surface area contributed by atoms with Crippen molar-refractivity contribution in [2.45, 2.75) is 17.3 Å². The van der Waals surface area contributed by atoms with E-state index in [1.54, 1.807) is 11.3 Å². The SMILES string of the molecule is CCOc1ccccc1NC(=O)[C@H](Sc1nnc(-c2cccs2)n1-c1ccccc1)c1ccccc1. The Labute approximate surface area is 218 Å². The lowest BCUT2D eigenvalue weighted by Gasteiger charge is -2.19. The highest BCUT2D eigenvalue weighted by Crippen LogP contribution is 2.39. The van der Waals surface area contributed by atoms with Gasteiger partial charge in [0.2, 0.25) is 5.91 Å². The van der Waals surface area contributed by atoms with Crippen molar-refractivity contribution < 1.29 is 9.53 Å². The molecule has 1 N–H and O–H groups in total. The third-order valence-corrected chi connectivity index (χ3v) is 7.46. The van der Waals surface area contributed by atoms with Crippen molar-refractivity contribution in [3.05, 3.63) is 108 Å². The van der Waals surface area contributed by atoms with Crippen molar-refractivity contribution >= 4 is 34.7 Å². The Bertz CT molecular complexity index is 1420. The number of thiophene rings is 1. The minimum atomic E-state index is -0.566. The number of rotatable bonds is 9. The number of hydrogen-bond acceptors (Lipinski definition) is 6. The molecule has 0 bridgehead atoms. The quantitative estimate of drug-likeness (QED) is 0.218. The van der Waals surface area contributed by atoms with E-state index in [1.807, 2.05) is 114 Å². The van der Waals surface area contributed by atoms with Gasteiger partial charge < -0.3 is 10.1 Å². The average Bonchev–Trinajstić information content (AvgIpc) is 3.60. The van der Waals surface area contributed by atoms with Gasteiger partial charge in [-0.1, -0.05) is 78.5 Å². The lowest BCUT2D eigenvalue weighted by Crippen LogP contribution is -2.20. The molecule has 0 radical (unpaired) electrons. The summed E-state index contributed by atoms with van der Waals surface area (Å²) in [6.07, 6.45) is 0. The van der Waals surface area contributed by atoms with Crippen LogP contribution in [0.15, 0.2) is 108 Å². The van der Waals surface area contributed by atoms with E-state index in [-0.39, 0.29) is 5.91 Å².